The van der Waals surface area contributed by atoms with Crippen LogP contribution in [0.4, 0.5) is 4.79 Å². The minimum Gasteiger partial charge on any atom is -0.444 e. The molecule has 7 nitrogen and oxygen atoms in total. The highest BCUT2D eigenvalue weighted by Gasteiger charge is 2.32. The molecule has 1 aliphatic rings. The Morgan fingerprint density at radius 2 is 2.08 bits per heavy atom. The highest BCUT2D eigenvalue weighted by Crippen LogP contribution is 2.31. The van der Waals surface area contributed by atoms with Crippen LogP contribution in [0.1, 0.15) is 57.5 Å². The molecule has 7 heteroatoms. The maximum atomic E-state index is 12.5. The largest absolute Gasteiger partial charge is 0.444 e. The van der Waals surface area contributed by atoms with E-state index >= 15 is 0 Å². The van der Waals surface area contributed by atoms with E-state index in [2.05, 4.69) is 10.1 Å². The number of carbonyl (C=O) groups excluding carboxylic acids is 1. The number of fused-ring (bicyclic) bond motifs is 1. The highest BCUT2D eigenvalue weighted by atomic mass is 16.6. The normalized spacial score (nSPS) is 18.8. The molecule has 0 bridgehead atoms. The SMILES string of the molecule is Cc1cc(=O)n2[nH]c([C@@H]3CCCCN3C(=O)OC(C)(C)C)cc2n1. The first kappa shape index (κ1) is 16.5. The molecule has 3 rings (SSSR count). The first-order valence-electron chi connectivity index (χ1n) is 8.33. The maximum Gasteiger partial charge on any atom is 0.410 e. The smallest absolute Gasteiger partial charge is 0.410 e. The summed E-state index contributed by atoms with van der Waals surface area (Å²) in [5, 5.41) is 3.10. The molecule has 0 aromatic carbocycles. The fourth-order valence-corrected chi connectivity index (χ4v) is 3.09. The minimum atomic E-state index is -0.533. The summed E-state index contributed by atoms with van der Waals surface area (Å²) in [7, 11) is 0. The van der Waals surface area contributed by atoms with Crippen molar-refractivity contribution in [3.63, 3.8) is 0 Å². The molecule has 0 aliphatic carbocycles. The Balaban J connectivity index is 1.95. The Morgan fingerprint density at radius 3 is 2.79 bits per heavy atom. The number of hydrogen-bond acceptors (Lipinski definition) is 4. The van der Waals surface area contributed by atoms with Gasteiger partial charge in [-0.05, 0) is 47.0 Å². The van der Waals surface area contributed by atoms with Crippen molar-refractivity contribution in [2.45, 2.75) is 58.6 Å². The van der Waals surface area contributed by atoms with Crippen LogP contribution in [0.2, 0.25) is 0 Å². The van der Waals surface area contributed by atoms with Gasteiger partial charge in [-0.1, -0.05) is 0 Å². The summed E-state index contributed by atoms with van der Waals surface area (Å²) in [4.78, 5) is 30.8. The average Bonchev–Trinajstić information content (AvgIpc) is 2.89. The zero-order chi connectivity index (χ0) is 17.5. The highest BCUT2D eigenvalue weighted by molar-refractivity contribution is 5.69. The Bertz CT molecular complexity index is 815. The maximum absolute atomic E-state index is 12.5. The van der Waals surface area contributed by atoms with Crippen molar-refractivity contribution in [2.75, 3.05) is 6.54 Å². The summed E-state index contributed by atoms with van der Waals surface area (Å²) >= 11 is 0. The van der Waals surface area contributed by atoms with Gasteiger partial charge in [0.25, 0.3) is 5.56 Å². The summed E-state index contributed by atoms with van der Waals surface area (Å²) in [5.41, 5.74) is 1.39. The van der Waals surface area contributed by atoms with Gasteiger partial charge in [0.15, 0.2) is 5.65 Å². The topological polar surface area (TPSA) is 79.7 Å². The van der Waals surface area contributed by atoms with Crippen LogP contribution in [-0.2, 0) is 4.74 Å². The molecule has 1 fully saturated rings. The van der Waals surface area contributed by atoms with Crippen molar-refractivity contribution in [1.29, 1.82) is 0 Å². The van der Waals surface area contributed by atoms with Gasteiger partial charge in [-0.3, -0.25) is 14.8 Å². The van der Waals surface area contributed by atoms with E-state index in [1.54, 1.807) is 11.8 Å². The third-order valence-electron chi connectivity index (χ3n) is 4.09. The number of amides is 1. The van der Waals surface area contributed by atoms with E-state index in [1.165, 1.54) is 10.6 Å². The van der Waals surface area contributed by atoms with Gasteiger partial charge in [0.2, 0.25) is 0 Å². The number of H-pyrrole nitrogens is 1. The van der Waals surface area contributed by atoms with Crippen LogP contribution in [-0.4, -0.2) is 37.7 Å². The lowest BCUT2D eigenvalue weighted by Gasteiger charge is -2.36. The molecule has 3 heterocycles. The van der Waals surface area contributed by atoms with Crippen molar-refractivity contribution < 1.29 is 9.53 Å². The molecule has 1 aliphatic heterocycles. The van der Waals surface area contributed by atoms with E-state index in [9.17, 15) is 9.59 Å². The van der Waals surface area contributed by atoms with Gasteiger partial charge >= 0.3 is 6.09 Å². The molecule has 1 amide bonds. The second-order valence-corrected chi connectivity index (χ2v) is 7.33. The van der Waals surface area contributed by atoms with Crippen molar-refractivity contribution in [3.8, 4) is 0 Å². The molecule has 0 radical (unpaired) electrons. The number of nitrogens with one attached hydrogen (secondary N) is 1. The van der Waals surface area contributed by atoms with Crippen molar-refractivity contribution in [1.82, 2.24) is 19.5 Å². The molecule has 0 unspecified atom stereocenters. The first-order chi connectivity index (χ1) is 11.2. The molecule has 1 atom stereocenters. The third-order valence-corrected chi connectivity index (χ3v) is 4.09. The van der Waals surface area contributed by atoms with Gasteiger partial charge < -0.3 is 4.74 Å². The Kier molecular flexibility index (Phi) is 4.11. The molecule has 1 saturated heterocycles. The number of nitrogens with zero attached hydrogens (tertiary/aromatic N) is 3. The quantitative estimate of drug-likeness (QED) is 0.871. The predicted octanol–water partition coefficient (Wildman–Crippen LogP) is 2.79. The fraction of sp³-hybridized carbons (Fsp3) is 0.588. The van der Waals surface area contributed by atoms with Crippen molar-refractivity contribution >= 4 is 11.7 Å². The lowest BCUT2D eigenvalue weighted by molar-refractivity contribution is 0.00897. The number of rotatable bonds is 1. The van der Waals surface area contributed by atoms with Crippen LogP contribution in [0, 0.1) is 6.92 Å². The van der Waals surface area contributed by atoms with Crippen molar-refractivity contribution in [3.05, 3.63) is 33.9 Å². The summed E-state index contributed by atoms with van der Waals surface area (Å²) in [6.45, 7) is 8.02. The zero-order valence-corrected chi connectivity index (χ0v) is 14.6. The van der Waals surface area contributed by atoms with Gasteiger partial charge in [-0.2, -0.15) is 0 Å². The number of aromatic amines is 1. The summed E-state index contributed by atoms with van der Waals surface area (Å²) in [5.74, 6) is 0. The zero-order valence-electron chi connectivity index (χ0n) is 14.6. The van der Waals surface area contributed by atoms with Gasteiger partial charge in [0.1, 0.15) is 5.60 Å². The van der Waals surface area contributed by atoms with Crippen LogP contribution in [0.3, 0.4) is 0 Å². The van der Waals surface area contributed by atoms with Gasteiger partial charge in [0, 0.05) is 24.4 Å². The number of aryl methyl sites for hydroxylation is 1. The number of likely N-dealkylation sites (tertiary alicyclic amines) is 1. The van der Waals surface area contributed by atoms with Crippen LogP contribution >= 0.6 is 0 Å². The fourth-order valence-electron chi connectivity index (χ4n) is 3.09. The van der Waals surface area contributed by atoms with Crippen LogP contribution in [0.15, 0.2) is 16.9 Å². The number of piperidine rings is 1. The molecule has 2 aromatic heterocycles. The Hall–Kier alpha value is -2.31. The predicted molar refractivity (Wildman–Crippen MR) is 90.1 cm³/mol. The standard InChI is InChI=1S/C17H24N4O3/c1-11-9-15(22)21-14(18-11)10-12(19-21)13-7-5-6-8-20(13)16(23)24-17(2,3)4/h9-10,13,19H,5-8H2,1-4H3/t13-/m0/s1. The van der Waals surface area contributed by atoms with E-state index in [0.717, 1.165) is 25.0 Å². The second kappa shape index (κ2) is 5.96. The lowest BCUT2D eigenvalue weighted by Crippen LogP contribution is -2.42. The lowest BCUT2D eigenvalue weighted by atomic mass is 10.00. The molecule has 130 valence electrons. The molecule has 24 heavy (non-hydrogen) atoms. The van der Waals surface area contributed by atoms with E-state index in [4.69, 9.17) is 4.74 Å². The Labute approximate surface area is 140 Å². The molecule has 0 spiro atoms. The molecular formula is C17H24N4O3. The molecular weight excluding hydrogens is 308 g/mol. The molecule has 2 aromatic rings. The summed E-state index contributed by atoms with van der Waals surface area (Å²) in [6.07, 6.45) is 2.50. The number of aromatic nitrogens is 3. The minimum absolute atomic E-state index is 0.130. The monoisotopic (exact) mass is 332 g/mol. The van der Waals surface area contributed by atoms with Gasteiger partial charge in [-0.15, -0.1) is 0 Å². The number of carbonyl (C=O) groups is 1. The second-order valence-electron chi connectivity index (χ2n) is 7.33. The third kappa shape index (κ3) is 3.29. The molecule has 0 saturated carbocycles. The van der Waals surface area contributed by atoms with Gasteiger partial charge in [-0.25, -0.2) is 14.3 Å². The van der Waals surface area contributed by atoms with E-state index < -0.39 is 5.60 Å². The molecule has 1 N–H and O–H groups in total. The van der Waals surface area contributed by atoms with Crippen molar-refractivity contribution in [2.24, 2.45) is 0 Å². The average molecular weight is 332 g/mol. The first-order valence-corrected chi connectivity index (χ1v) is 8.33. The van der Waals surface area contributed by atoms with E-state index in [0.29, 0.717) is 17.9 Å². The van der Waals surface area contributed by atoms with Crippen LogP contribution < -0.4 is 5.56 Å². The summed E-state index contributed by atoms with van der Waals surface area (Å²) < 4.78 is 6.96. The van der Waals surface area contributed by atoms with E-state index in [1.807, 2.05) is 26.8 Å². The van der Waals surface area contributed by atoms with E-state index in [-0.39, 0.29) is 17.7 Å². The summed E-state index contributed by atoms with van der Waals surface area (Å²) in [6, 6.07) is 3.21. The number of ether oxygens (including phenoxy) is 1. The Morgan fingerprint density at radius 1 is 1.33 bits per heavy atom. The van der Waals surface area contributed by atoms with Gasteiger partial charge in [0.05, 0.1) is 11.7 Å². The number of hydrogen-bond donors (Lipinski definition) is 1. The van der Waals surface area contributed by atoms with Crippen LogP contribution in [0.5, 0.6) is 0 Å². The van der Waals surface area contributed by atoms with Crippen LogP contribution in [0.25, 0.3) is 5.65 Å².